The number of nitrogens with one attached hydrogen (secondary N) is 2. The molecule has 0 bridgehead atoms. The van der Waals surface area contributed by atoms with Crippen LogP contribution in [0, 0.1) is 10.8 Å². The number of hydrogen-bond acceptors (Lipinski definition) is 10. The average Bonchev–Trinajstić information content (AvgIpc) is 4.07. The largest absolute Gasteiger partial charge is 0.476 e. The van der Waals surface area contributed by atoms with Gasteiger partial charge in [0.05, 0.1) is 23.2 Å². The molecule has 0 radical (unpaired) electrons. The van der Waals surface area contributed by atoms with Gasteiger partial charge >= 0.3 is 0 Å². The van der Waals surface area contributed by atoms with E-state index in [1.807, 2.05) is 88.1 Å². The van der Waals surface area contributed by atoms with E-state index in [0.29, 0.717) is 36.8 Å². The van der Waals surface area contributed by atoms with Gasteiger partial charge in [-0.3, -0.25) is 19.0 Å². The van der Waals surface area contributed by atoms with Gasteiger partial charge < -0.3 is 29.9 Å². The van der Waals surface area contributed by atoms with E-state index < -0.39 is 10.8 Å². The maximum absolute atomic E-state index is 13.1. The van der Waals surface area contributed by atoms with Crippen molar-refractivity contribution in [3.63, 3.8) is 0 Å². The van der Waals surface area contributed by atoms with Crippen LogP contribution in [0.4, 0.5) is 0 Å². The molecule has 4 atom stereocenters. The van der Waals surface area contributed by atoms with E-state index in [1.54, 1.807) is 12.4 Å². The summed E-state index contributed by atoms with van der Waals surface area (Å²) in [5.74, 6) is 2.97. The summed E-state index contributed by atoms with van der Waals surface area (Å²) < 4.78 is 15.7. The minimum atomic E-state index is -0.654. The number of amides is 2. The van der Waals surface area contributed by atoms with Gasteiger partial charge in [0.15, 0.2) is 0 Å². The number of ether oxygens (including phenoxy) is 2. The minimum absolute atomic E-state index is 0.00981. The zero-order chi connectivity index (χ0) is 41.2. The van der Waals surface area contributed by atoms with Crippen LogP contribution in [0.1, 0.15) is 99.3 Å². The van der Waals surface area contributed by atoms with Gasteiger partial charge in [-0.1, -0.05) is 12.1 Å². The molecule has 312 valence electrons. The Morgan fingerprint density at radius 2 is 1.05 bits per heavy atom. The highest BCUT2D eigenvalue weighted by molar-refractivity contribution is 5.83. The van der Waals surface area contributed by atoms with Gasteiger partial charge in [-0.2, -0.15) is 10.2 Å². The topological polar surface area (TPSA) is 145 Å². The quantitative estimate of drug-likeness (QED) is 0.186. The number of pyridine rings is 2. The van der Waals surface area contributed by atoms with Crippen LogP contribution < -0.4 is 20.1 Å². The molecule has 2 N–H and O–H groups in total. The molecule has 0 spiro atoms. The Morgan fingerprint density at radius 1 is 0.655 bits per heavy atom. The van der Waals surface area contributed by atoms with Crippen molar-refractivity contribution in [2.45, 2.75) is 89.1 Å². The summed E-state index contributed by atoms with van der Waals surface area (Å²) in [5.41, 5.74) is 3.35. The van der Waals surface area contributed by atoms with Gasteiger partial charge in [-0.05, 0) is 103 Å². The lowest BCUT2D eigenvalue weighted by molar-refractivity contribution is -0.132. The fraction of sp³-hybridized carbons (Fsp3) is 0.591. The van der Waals surface area contributed by atoms with E-state index in [1.165, 1.54) is 36.8 Å². The predicted molar refractivity (Wildman–Crippen MR) is 222 cm³/mol. The first-order chi connectivity index (χ1) is 27.7. The van der Waals surface area contributed by atoms with Crippen molar-refractivity contribution >= 4 is 11.8 Å². The fourth-order valence-corrected chi connectivity index (χ4v) is 8.05. The third-order valence-corrected chi connectivity index (χ3v) is 11.9. The standard InChI is InChI=1S/2C22H31N5O2/c2*1-22(2,14-29-20-17(15-7-8-15)6-5-9-23-20)21(28)25-19-13-26(3)12-18(19)16-10-24-27(4)11-16/h2*5-6,9-11,15,18-19H,7-8,12-14H2,1-4H3,(H,25,28)/t2*18-,19+/m10/s1. The third-order valence-electron chi connectivity index (χ3n) is 11.9. The monoisotopic (exact) mass is 794 g/mol. The summed E-state index contributed by atoms with van der Waals surface area (Å²) in [4.78, 5) is 39.5. The molecule has 14 heteroatoms. The molecular weight excluding hydrogens is 733 g/mol. The lowest BCUT2D eigenvalue weighted by atomic mass is 9.91. The number of nitrogens with zero attached hydrogens (tertiary/aromatic N) is 8. The van der Waals surface area contributed by atoms with Crippen LogP contribution in [0.5, 0.6) is 11.8 Å². The minimum Gasteiger partial charge on any atom is -0.476 e. The number of hydrogen-bond donors (Lipinski definition) is 2. The molecule has 6 heterocycles. The van der Waals surface area contributed by atoms with E-state index in [0.717, 1.165) is 37.3 Å². The Kier molecular flexibility index (Phi) is 12.3. The molecule has 4 fully saturated rings. The van der Waals surface area contributed by atoms with Crippen molar-refractivity contribution in [3.05, 3.63) is 83.7 Å². The summed E-state index contributed by atoms with van der Waals surface area (Å²) in [6, 6.07) is 8.20. The number of carbonyl (C=O) groups is 2. The highest BCUT2D eigenvalue weighted by Gasteiger charge is 2.40. The number of aryl methyl sites for hydroxylation is 2. The molecule has 2 amide bonds. The second-order valence-electron chi connectivity index (χ2n) is 18.4. The van der Waals surface area contributed by atoms with Gasteiger partial charge in [-0.25, -0.2) is 9.97 Å². The molecule has 0 aromatic carbocycles. The second-order valence-corrected chi connectivity index (χ2v) is 18.4. The van der Waals surface area contributed by atoms with Crippen molar-refractivity contribution in [1.82, 2.24) is 50.0 Å². The second kappa shape index (κ2) is 17.2. The summed E-state index contributed by atoms with van der Waals surface area (Å²) in [6.07, 6.45) is 16.1. The molecular formula is C44H62N10O4. The van der Waals surface area contributed by atoms with Crippen LogP contribution in [0.15, 0.2) is 61.4 Å². The molecule has 2 aliphatic carbocycles. The lowest BCUT2D eigenvalue weighted by Gasteiger charge is -2.28. The molecule has 4 aliphatic rings. The molecule has 2 saturated carbocycles. The van der Waals surface area contributed by atoms with Crippen LogP contribution in [0.3, 0.4) is 0 Å². The zero-order valence-electron chi connectivity index (χ0n) is 35.5. The maximum atomic E-state index is 13.1. The molecule has 4 aromatic heterocycles. The summed E-state index contributed by atoms with van der Waals surface area (Å²) in [5, 5.41) is 15.1. The molecule has 2 aliphatic heterocycles. The van der Waals surface area contributed by atoms with Crippen molar-refractivity contribution in [2.75, 3.05) is 53.5 Å². The zero-order valence-corrected chi connectivity index (χ0v) is 35.5. The molecule has 2 saturated heterocycles. The highest BCUT2D eigenvalue weighted by Crippen LogP contribution is 2.44. The first-order valence-corrected chi connectivity index (χ1v) is 20.8. The SMILES string of the molecule is CN1C[C@@H](NC(=O)C(C)(C)COc2ncccc2C2CC2)[C@H](c2cnn(C)c2)C1.CN1C[C@H](NC(=O)C(C)(C)COc2ncccc2C2CC2)[C@@H](c2cnn(C)c2)C1. The first-order valence-electron chi connectivity index (χ1n) is 20.8. The Morgan fingerprint density at radius 3 is 1.40 bits per heavy atom. The van der Waals surface area contributed by atoms with E-state index >= 15 is 0 Å². The molecule has 8 rings (SSSR count). The lowest BCUT2D eigenvalue weighted by Crippen LogP contribution is -2.47. The van der Waals surface area contributed by atoms with E-state index in [2.05, 4.69) is 66.8 Å². The smallest absolute Gasteiger partial charge is 0.229 e. The Labute approximate surface area is 343 Å². The van der Waals surface area contributed by atoms with Gasteiger partial charge in [0, 0.05) is 100 Å². The van der Waals surface area contributed by atoms with Gasteiger partial charge in [-0.15, -0.1) is 0 Å². The van der Waals surface area contributed by atoms with Crippen LogP contribution in [-0.2, 0) is 23.7 Å². The van der Waals surface area contributed by atoms with Gasteiger partial charge in [0.2, 0.25) is 23.6 Å². The van der Waals surface area contributed by atoms with E-state index in [4.69, 9.17) is 9.47 Å². The number of rotatable bonds is 14. The summed E-state index contributed by atoms with van der Waals surface area (Å²) >= 11 is 0. The molecule has 58 heavy (non-hydrogen) atoms. The highest BCUT2D eigenvalue weighted by atomic mass is 16.5. The summed E-state index contributed by atoms with van der Waals surface area (Å²) in [6.45, 7) is 11.8. The van der Waals surface area contributed by atoms with Crippen molar-refractivity contribution < 1.29 is 19.1 Å². The third kappa shape index (κ3) is 10.1. The van der Waals surface area contributed by atoms with E-state index in [-0.39, 0.29) is 35.7 Å². The molecule has 0 unspecified atom stereocenters. The van der Waals surface area contributed by atoms with Gasteiger partial charge in [0.25, 0.3) is 0 Å². The average molecular weight is 795 g/mol. The Bertz CT molecular complexity index is 1890. The normalized spacial score (nSPS) is 22.6. The first kappa shape index (κ1) is 41.3. The van der Waals surface area contributed by atoms with Crippen LogP contribution in [-0.4, -0.2) is 117 Å². The number of aromatic nitrogens is 6. The van der Waals surface area contributed by atoms with Crippen LogP contribution in [0.2, 0.25) is 0 Å². The van der Waals surface area contributed by atoms with Crippen LogP contribution >= 0.6 is 0 Å². The Hall–Kier alpha value is -4.82. The Balaban J connectivity index is 0.000000177. The predicted octanol–water partition coefficient (Wildman–Crippen LogP) is 4.62. The van der Waals surface area contributed by atoms with Crippen LogP contribution in [0.25, 0.3) is 0 Å². The maximum Gasteiger partial charge on any atom is 0.229 e. The number of likely N-dealkylation sites (tertiary alicyclic amines) is 2. The van der Waals surface area contributed by atoms with Crippen molar-refractivity contribution in [1.29, 1.82) is 0 Å². The van der Waals surface area contributed by atoms with Crippen molar-refractivity contribution in [3.8, 4) is 11.8 Å². The molecule has 4 aromatic rings. The fourth-order valence-electron chi connectivity index (χ4n) is 8.05. The summed E-state index contributed by atoms with van der Waals surface area (Å²) in [7, 11) is 8.02. The number of likely N-dealkylation sites (N-methyl/N-ethyl adjacent to an activating group) is 2. The van der Waals surface area contributed by atoms with E-state index in [9.17, 15) is 9.59 Å². The number of carbonyl (C=O) groups excluding carboxylic acids is 2. The van der Waals surface area contributed by atoms with Crippen molar-refractivity contribution in [2.24, 2.45) is 24.9 Å². The van der Waals surface area contributed by atoms with Gasteiger partial charge in [0.1, 0.15) is 13.2 Å². The molecule has 14 nitrogen and oxygen atoms in total.